The van der Waals surface area contributed by atoms with E-state index in [4.69, 9.17) is 4.42 Å². The first-order chi connectivity index (χ1) is 11.7. The summed E-state index contributed by atoms with van der Waals surface area (Å²) >= 11 is 0. The highest BCUT2D eigenvalue weighted by Gasteiger charge is 2.30. The summed E-state index contributed by atoms with van der Waals surface area (Å²) < 4.78 is 28.8. The van der Waals surface area contributed by atoms with E-state index in [2.05, 4.69) is 19.9 Å². The van der Waals surface area contributed by atoms with Crippen LogP contribution in [0.2, 0.25) is 0 Å². The maximum atomic E-state index is 12.0. The summed E-state index contributed by atoms with van der Waals surface area (Å²) in [6.07, 6.45) is 0.647. The molecule has 2 aromatic rings. The van der Waals surface area contributed by atoms with Crippen molar-refractivity contribution in [1.82, 2.24) is 4.90 Å². The predicted octanol–water partition coefficient (Wildman–Crippen LogP) is 2.84. The standard InChI is InChI=1S/C19H25NO4S/c1-12(2)16-9-17-14(8-19(21)24-18(17)7-13(16)3)10-20(4)15-5-6-25(22,23)11-15/h7-9,12,15H,5-6,10-11H2,1-4H3/t15-/m0/s1. The summed E-state index contributed by atoms with van der Waals surface area (Å²) in [4.78, 5) is 14.0. The van der Waals surface area contributed by atoms with Crippen molar-refractivity contribution in [2.45, 2.75) is 45.7 Å². The highest BCUT2D eigenvalue weighted by molar-refractivity contribution is 7.91. The van der Waals surface area contributed by atoms with Crippen LogP contribution in [-0.2, 0) is 16.4 Å². The molecule has 1 aromatic heterocycles. The molecule has 1 fully saturated rings. The van der Waals surface area contributed by atoms with E-state index in [0.29, 0.717) is 24.5 Å². The molecule has 5 nitrogen and oxygen atoms in total. The third-order valence-electron chi connectivity index (χ3n) is 5.09. The summed E-state index contributed by atoms with van der Waals surface area (Å²) in [5.41, 5.74) is 3.45. The van der Waals surface area contributed by atoms with Crippen molar-refractivity contribution >= 4 is 20.8 Å². The van der Waals surface area contributed by atoms with Crippen LogP contribution in [0.1, 0.15) is 42.9 Å². The Morgan fingerprint density at radius 1 is 1.28 bits per heavy atom. The molecule has 136 valence electrons. The van der Waals surface area contributed by atoms with Crippen LogP contribution < -0.4 is 5.63 Å². The zero-order chi connectivity index (χ0) is 18.4. The third kappa shape index (κ3) is 3.80. The molecule has 0 saturated carbocycles. The first kappa shape index (κ1) is 18.1. The van der Waals surface area contributed by atoms with Crippen molar-refractivity contribution in [3.05, 3.63) is 45.3 Å². The molecule has 1 saturated heterocycles. The molecule has 1 atom stereocenters. The number of benzene rings is 1. The zero-order valence-corrected chi connectivity index (χ0v) is 16.0. The smallest absolute Gasteiger partial charge is 0.336 e. The van der Waals surface area contributed by atoms with E-state index in [0.717, 1.165) is 16.5 Å². The molecule has 0 aliphatic carbocycles. The molecule has 0 unspecified atom stereocenters. The molecule has 1 aromatic carbocycles. The van der Waals surface area contributed by atoms with E-state index < -0.39 is 9.84 Å². The van der Waals surface area contributed by atoms with Gasteiger partial charge in [-0.2, -0.15) is 0 Å². The van der Waals surface area contributed by atoms with Gasteiger partial charge in [0.05, 0.1) is 11.5 Å². The molecular weight excluding hydrogens is 338 g/mol. The highest BCUT2D eigenvalue weighted by Crippen LogP contribution is 2.28. The molecule has 0 bridgehead atoms. The van der Waals surface area contributed by atoms with Crippen LogP contribution in [0, 0.1) is 6.92 Å². The summed E-state index contributed by atoms with van der Waals surface area (Å²) in [5.74, 6) is 0.817. The monoisotopic (exact) mass is 363 g/mol. The van der Waals surface area contributed by atoms with Crippen molar-refractivity contribution in [2.75, 3.05) is 18.6 Å². The Kier molecular flexibility index (Phi) is 4.77. The van der Waals surface area contributed by atoms with E-state index in [-0.39, 0.29) is 23.2 Å². The summed E-state index contributed by atoms with van der Waals surface area (Å²) in [6, 6.07) is 5.56. The van der Waals surface area contributed by atoms with Gasteiger partial charge in [-0.1, -0.05) is 13.8 Å². The Bertz CT molecular complexity index is 959. The van der Waals surface area contributed by atoms with Crippen molar-refractivity contribution in [3.8, 4) is 0 Å². The van der Waals surface area contributed by atoms with Gasteiger partial charge in [0.25, 0.3) is 0 Å². The van der Waals surface area contributed by atoms with Gasteiger partial charge in [-0.15, -0.1) is 0 Å². The Morgan fingerprint density at radius 2 is 2.00 bits per heavy atom. The van der Waals surface area contributed by atoms with Crippen LogP contribution in [0.5, 0.6) is 0 Å². The average Bonchev–Trinajstić information content (AvgIpc) is 2.86. The minimum Gasteiger partial charge on any atom is -0.423 e. The largest absolute Gasteiger partial charge is 0.423 e. The topological polar surface area (TPSA) is 67.6 Å². The van der Waals surface area contributed by atoms with Gasteiger partial charge in [-0.25, -0.2) is 13.2 Å². The second-order valence-corrected chi connectivity index (χ2v) is 9.65. The number of hydrogen-bond donors (Lipinski definition) is 0. The first-order valence-electron chi connectivity index (χ1n) is 8.64. The molecular formula is C19H25NO4S. The summed E-state index contributed by atoms with van der Waals surface area (Å²) in [7, 11) is -1.01. The van der Waals surface area contributed by atoms with Crippen LogP contribution in [0.25, 0.3) is 11.0 Å². The van der Waals surface area contributed by atoms with Gasteiger partial charge in [0.15, 0.2) is 9.84 Å². The van der Waals surface area contributed by atoms with Crippen molar-refractivity contribution in [1.29, 1.82) is 0 Å². The van der Waals surface area contributed by atoms with Crippen LogP contribution in [0.3, 0.4) is 0 Å². The lowest BCUT2D eigenvalue weighted by molar-refractivity contribution is 0.254. The fourth-order valence-electron chi connectivity index (χ4n) is 3.67. The molecule has 0 radical (unpaired) electrons. The molecule has 0 amide bonds. The summed E-state index contributed by atoms with van der Waals surface area (Å²) in [5, 5.41) is 0.932. The average molecular weight is 363 g/mol. The number of hydrogen-bond acceptors (Lipinski definition) is 5. The molecule has 0 spiro atoms. The predicted molar refractivity (Wildman–Crippen MR) is 99.8 cm³/mol. The van der Waals surface area contributed by atoms with E-state index in [1.54, 1.807) is 0 Å². The van der Waals surface area contributed by atoms with Crippen LogP contribution >= 0.6 is 0 Å². The molecule has 0 N–H and O–H groups in total. The summed E-state index contributed by atoms with van der Waals surface area (Å²) in [6.45, 7) is 6.84. The Balaban J connectivity index is 2.00. The van der Waals surface area contributed by atoms with Gasteiger partial charge in [0.1, 0.15) is 5.58 Å². The molecule has 6 heteroatoms. The first-order valence-corrected chi connectivity index (χ1v) is 10.5. The third-order valence-corrected chi connectivity index (χ3v) is 6.84. The number of rotatable bonds is 4. The molecule has 3 rings (SSSR count). The number of fused-ring (bicyclic) bond motifs is 1. The van der Waals surface area contributed by atoms with Crippen LogP contribution in [0.4, 0.5) is 0 Å². The second-order valence-electron chi connectivity index (χ2n) is 7.42. The number of aryl methyl sites for hydroxylation is 1. The van der Waals surface area contributed by atoms with E-state index in [1.165, 1.54) is 11.6 Å². The molecule has 25 heavy (non-hydrogen) atoms. The fourth-order valence-corrected chi connectivity index (χ4v) is 5.47. The number of sulfone groups is 1. The Labute approximate surface area is 148 Å². The van der Waals surface area contributed by atoms with Crippen molar-refractivity contribution in [3.63, 3.8) is 0 Å². The van der Waals surface area contributed by atoms with Crippen LogP contribution in [-0.4, -0.2) is 37.9 Å². The van der Waals surface area contributed by atoms with Crippen molar-refractivity contribution in [2.24, 2.45) is 0 Å². The lowest BCUT2D eigenvalue weighted by Crippen LogP contribution is -2.32. The molecule has 1 aliphatic rings. The number of nitrogens with zero attached hydrogens (tertiary/aromatic N) is 1. The van der Waals surface area contributed by atoms with Gasteiger partial charge in [-0.05, 0) is 55.1 Å². The normalized spacial score (nSPS) is 20.0. The van der Waals surface area contributed by atoms with Crippen LogP contribution in [0.15, 0.2) is 27.4 Å². The van der Waals surface area contributed by atoms with E-state index in [9.17, 15) is 13.2 Å². The van der Waals surface area contributed by atoms with Gasteiger partial charge in [0, 0.05) is 24.0 Å². The SMILES string of the molecule is Cc1cc2oc(=O)cc(CN(C)[C@H]3CCS(=O)(=O)C3)c2cc1C(C)C. The Hall–Kier alpha value is -1.66. The second kappa shape index (κ2) is 6.57. The maximum Gasteiger partial charge on any atom is 0.336 e. The lowest BCUT2D eigenvalue weighted by Gasteiger charge is -2.23. The zero-order valence-electron chi connectivity index (χ0n) is 15.2. The minimum atomic E-state index is -2.93. The van der Waals surface area contributed by atoms with Crippen molar-refractivity contribution < 1.29 is 12.8 Å². The van der Waals surface area contributed by atoms with E-state index in [1.807, 2.05) is 24.9 Å². The quantitative estimate of drug-likeness (QED) is 0.782. The van der Waals surface area contributed by atoms with E-state index >= 15 is 0 Å². The van der Waals surface area contributed by atoms with Gasteiger partial charge in [0.2, 0.25) is 0 Å². The lowest BCUT2D eigenvalue weighted by atomic mass is 9.94. The van der Waals surface area contributed by atoms with Gasteiger partial charge < -0.3 is 4.42 Å². The van der Waals surface area contributed by atoms with Gasteiger partial charge in [-0.3, -0.25) is 4.90 Å². The minimum absolute atomic E-state index is 0.00214. The fraction of sp³-hybridized carbons (Fsp3) is 0.526. The maximum absolute atomic E-state index is 12.0. The molecule has 2 heterocycles. The highest BCUT2D eigenvalue weighted by atomic mass is 32.2. The van der Waals surface area contributed by atoms with Gasteiger partial charge >= 0.3 is 5.63 Å². The Morgan fingerprint density at radius 3 is 2.60 bits per heavy atom. The molecule has 1 aliphatic heterocycles.